The lowest BCUT2D eigenvalue weighted by atomic mass is 9.92. The summed E-state index contributed by atoms with van der Waals surface area (Å²) in [4.78, 5) is 0. The summed E-state index contributed by atoms with van der Waals surface area (Å²) in [5.74, 6) is 0.547. The zero-order chi connectivity index (χ0) is 11.8. The van der Waals surface area contributed by atoms with Crippen LogP contribution in [0.25, 0.3) is 0 Å². The Hall–Kier alpha value is -1.24. The number of allylic oxidation sites excluding steroid dienone is 1. The molecule has 0 fully saturated rings. The fraction of sp³-hybridized carbons (Fsp3) is 0.467. The van der Waals surface area contributed by atoms with E-state index >= 15 is 0 Å². The van der Waals surface area contributed by atoms with Crippen molar-refractivity contribution in [3.05, 3.63) is 47.7 Å². The molecule has 0 saturated heterocycles. The van der Waals surface area contributed by atoms with Crippen LogP contribution in [-0.2, 0) is 4.74 Å². The van der Waals surface area contributed by atoms with Gasteiger partial charge in [-0.05, 0) is 30.5 Å². The van der Waals surface area contributed by atoms with E-state index in [0.29, 0.717) is 5.92 Å². The van der Waals surface area contributed by atoms with Crippen LogP contribution < -0.4 is 0 Å². The van der Waals surface area contributed by atoms with Crippen molar-refractivity contribution in [1.82, 2.24) is 0 Å². The standard InChI is InChI=1S/C12H14O.C3H8/c1-10-5-2-3-7-12(10)11-6-4-8-13-9-11;1-3-2/h2-5,7-8,11H,6,9H2,1H3;3H2,1-2H3. The van der Waals surface area contributed by atoms with Crippen molar-refractivity contribution >= 4 is 0 Å². The summed E-state index contributed by atoms with van der Waals surface area (Å²) < 4.78 is 5.31. The molecule has 1 unspecified atom stereocenters. The lowest BCUT2D eigenvalue weighted by Crippen LogP contribution is -2.09. The predicted molar refractivity (Wildman–Crippen MR) is 69.6 cm³/mol. The molecule has 0 bridgehead atoms. The third kappa shape index (κ3) is 3.73. The van der Waals surface area contributed by atoms with Gasteiger partial charge in [0.1, 0.15) is 0 Å². The maximum absolute atomic E-state index is 5.31. The molecule has 1 atom stereocenters. The molecule has 1 aromatic rings. The van der Waals surface area contributed by atoms with Crippen LogP contribution in [0.15, 0.2) is 36.6 Å². The van der Waals surface area contributed by atoms with Gasteiger partial charge in [0.25, 0.3) is 0 Å². The van der Waals surface area contributed by atoms with Crippen LogP contribution in [0.4, 0.5) is 0 Å². The Morgan fingerprint density at radius 1 is 1.25 bits per heavy atom. The van der Waals surface area contributed by atoms with Crippen LogP contribution in [0.1, 0.15) is 43.7 Å². The lowest BCUT2D eigenvalue weighted by Gasteiger charge is -2.20. The largest absolute Gasteiger partial charge is 0.501 e. The van der Waals surface area contributed by atoms with Gasteiger partial charge in [0.15, 0.2) is 0 Å². The summed E-state index contributed by atoms with van der Waals surface area (Å²) in [6, 6.07) is 8.54. The summed E-state index contributed by atoms with van der Waals surface area (Å²) in [6.07, 6.45) is 6.25. The van der Waals surface area contributed by atoms with Gasteiger partial charge in [-0.25, -0.2) is 0 Å². The van der Waals surface area contributed by atoms with E-state index < -0.39 is 0 Å². The predicted octanol–water partition coefficient (Wildman–Crippen LogP) is 4.43. The first kappa shape index (κ1) is 12.8. The van der Waals surface area contributed by atoms with Crippen molar-refractivity contribution in [2.24, 2.45) is 0 Å². The Morgan fingerprint density at radius 3 is 2.50 bits per heavy atom. The van der Waals surface area contributed by atoms with Crippen molar-refractivity contribution in [2.75, 3.05) is 6.61 Å². The second-order valence-electron chi connectivity index (χ2n) is 4.20. The van der Waals surface area contributed by atoms with Crippen LogP contribution in [0.5, 0.6) is 0 Å². The molecule has 1 heterocycles. The van der Waals surface area contributed by atoms with Gasteiger partial charge in [-0.15, -0.1) is 0 Å². The first-order chi connectivity index (χ1) is 7.79. The molecule has 1 aromatic carbocycles. The monoisotopic (exact) mass is 218 g/mol. The molecule has 16 heavy (non-hydrogen) atoms. The third-order valence-electron chi connectivity index (χ3n) is 2.54. The van der Waals surface area contributed by atoms with Crippen molar-refractivity contribution in [3.8, 4) is 0 Å². The first-order valence-corrected chi connectivity index (χ1v) is 6.11. The minimum atomic E-state index is 0.547. The zero-order valence-electron chi connectivity index (χ0n) is 10.6. The van der Waals surface area contributed by atoms with Gasteiger partial charge in [0.05, 0.1) is 12.9 Å². The highest BCUT2D eigenvalue weighted by molar-refractivity contribution is 5.30. The molecule has 0 aliphatic carbocycles. The molecule has 0 amide bonds. The van der Waals surface area contributed by atoms with E-state index in [1.807, 2.05) is 0 Å². The SMILES string of the molecule is CCC.Cc1ccccc1C1CC=COC1. The van der Waals surface area contributed by atoms with E-state index in [2.05, 4.69) is 51.1 Å². The van der Waals surface area contributed by atoms with E-state index in [1.54, 1.807) is 6.26 Å². The van der Waals surface area contributed by atoms with E-state index in [0.717, 1.165) is 13.0 Å². The molecule has 1 nitrogen and oxygen atoms in total. The summed E-state index contributed by atoms with van der Waals surface area (Å²) in [5, 5.41) is 0. The van der Waals surface area contributed by atoms with Crippen molar-refractivity contribution < 1.29 is 4.74 Å². The molecule has 0 saturated carbocycles. The molecular formula is C15H22O. The maximum Gasteiger partial charge on any atom is 0.0944 e. The van der Waals surface area contributed by atoms with Gasteiger partial charge < -0.3 is 4.74 Å². The topological polar surface area (TPSA) is 9.23 Å². The smallest absolute Gasteiger partial charge is 0.0944 e. The summed E-state index contributed by atoms with van der Waals surface area (Å²) in [7, 11) is 0. The maximum atomic E-state index is 5.31. The van der Waals surface area contributed by atoms with Gasteiger partial charge >= 0.3 is 0 Å². The van der Waals surface area contributed by atoms with E-state index in [4.69, 9.17) is 4.74 Å². The Bertz CT molecular complexity index is 328. The highest BCUT2D eigenvalue weighted by Crippen LogP contribution is 2.25. The van der Waals surface area contributed by atoms with Crippen molar-refractivity contribution in [2.45, 2.75) is 39.5 Å². The summed E-state index contributed by atoms with van der Waals surface area (Å²) in [6.45, 7) is 7.23. The Morgan fingerprint density at radius 2 is 1.94 bits per heavy atom. The molecule has 1 heteroatoms. The van der Waals surface area contributed by atoms with Crippen LogP contribution in [0.2, 0.25) is 0 Å². The molecule has 0 spiro atoms. The molecule has 1 aliphatic heterocycles. The van der Waals surface area contributed by atoms with Gasteiger partial charge in [-0.1, -0.05) is 44.5 Å². The average Bonchev–Trinajstić information content (AvgIpc) is 2.32. The highest BCUT2D eigenvalue weighted by Gasteiger charge is 2.14. The fourth-order valence-corrected chi connectivity index (χ4v) is 1.79. The Balaban J connectivity index is 0.000000386. The minimum Gasteiger partial charge on any atom is -0.501 e. The second kappa shape index (κ2) is 7.10. The van der Waals surface area contributed by atoms with E-state index in [-0.39, 0.29) is 0 Å². The Kier molecular flexibility index (Phi) is 5.69. The number of rotatable bonds is 1. The molecule has 1 aliphatic rings. The van der Waals surface area contributed by atoms with Crippen LogP contribution >= 0.6 is 0 Å². The van der Waals surface area contributed by atoms with Gasteiger partial charge in [0.2, 0.25) is 0 Å². The van der Waals surface area contributed by atoms with E-state index in [1.165, 1.54) is 17.5 Å². The molecule has 0 N–H and O–H groups in total. The number of hydrogen-bond acceptors (Lipinski definition) is 1. The number of benzene rings is 1. The minimum absolute atomic E-state index is 0.547. The molecule has 0 aromatic heterocycles. The van der Waals surface area contributed by atoms with Crippen LogP contribution in [-0.4, -0.2) is 6.61 Å². The Labute approximate surface area is 99.1 Å². The van der Waals surface area contributed by atoms with Gasteiger partial charge in [0, 0.05) is 5.92 Å². The fourth-order valence-electron chi connectivity index (χ4n) is 1.79. The quantitative estimate of drug-likeness (QED) is 0.677. The van der Waals surface area contributed by atoms with Crippen molar-refractivity contribution in [3.63, 3.8) is 0 Å². The molecule has 2 rings (SSSR count). The molecule has 0 radical (unpaired) electrons. The zero-order valence-corrected chi connectivity index (χ0v) is 10.6. The number of aryl methyl sites for hydroxylation is 1. The van der Waals surface area contributed by atoms with Gasteiger partial charge in [-0.3, -0.25) is 0 Å². The second-order valence-corrected chi connectivity index (χ2v) is 4.20. The lowest BCUT2D eigenvalue weighted by molar-refractivity contribution is 0.210. The summed E-state index contributed by atoms with van der Waals surface area (Å²) >= 11 is 0. The highest BCUT2D eigenvalue weighted by atomic mass is 16.5. The van der Waals surface area contributed by atoms with Gasteiger partial charge in [-0.2, -0.15) is 0 Å². The first-order valence-electron chi connectivity index (χ1n) is 6.11. The third-order valence-corrected chi connectivity index (χ3v) is 2.54. The number of hydrogen-bond donors (Lipinski definition) is 0. The van der Waals surface area contributed by atoms with Crippen molar-refractivity contribution in [1.29, 1.82) is 0 Å². The van der Waals surface area contributed by atoms with Crippen LogP contribution in [0.3, 0.4) is 0 Å². The van der Waals surface area contributed by atoms with Crippen LogP contribution in [0, 0.1) is 6.92 Å². The molecule has 88 valence electrons. The normalized spacial score (nSPS) is 18.3. The average molecular weight is 218 g/mol. The number of ether oxygens (including phenoxy) is 1. The molecular weight excluding hydrogens is 196 g/mol. The van der Waals surface area contributed by atoms with E-state index in [9.17, 15) is 0 Å². The summed E-state index contributed by atoms with van der Waals surface area (Å²) in [5.41, 5.74) is 2.79.